The minimum atomic E-state index is -6.07. The third-order valence-corrected chi connectivity index (χ3v) is 6.27. The Kier molecular flexibility index (Phi) is 5.90. The number of anilines is 1. The summed E-state index contributed by atoms with van der Waals surface area (Å²) >= 11 is 0. The molecule has 180 valence electrons. The summed E-state index contributed by atoms with van der Waals surface area (Å²) in [6, 6.07) is 0. The molecule has 0 bridgehead atoms. The van der Waals surface area contributed by atoms with Crippen molar-refractivity contribution in [2.75, 3.05) is 12.8 Å². The smallest absolute Gasteiger partial charge is 0.392 e. The Hall–Kier alpha value is -2.16. The number of hydrogen-bond acceptors (Lipinski definition) is 7. The maximum atomic E-state index is 13.1. The summed E-state index contributed by atoms with van der Waals surface area (Å²) in [5, 5.41) is -3.85. The number of rotatable bonds is 8. The molecule has 2 aromatic rings. The number of nitrogen functional groups attached to an aromatic ring is 1. The van der Waals surface area contributed by atoms with E-state index in [2.05, 4.69) is 15.0 Å². The largest absolute Gasteiger partial charge is 0.479 e. The van der Waals surface area contributed by atoms with Gasteiger partial charge in [-0.1, -0.05) is 0 Å². The molecule has 2 aromatic heterocycles. The van der Waals surface area contributed by atoms with Crippen molar-refractivity contribution in [3.8, 4) is 5.88 Å². The van der Waals surface area contributed by atoms with Gasteiger partial charge in [0, 0.05) is 0 Å². The van der Waals surface area contributed by atoms with E-state index >= 15 is 0 Å². The van der Waals surface area contributed by atoms with Crippen LogP contribution in [0.1, 0.15) is 25.7 Å². The van der Waals surface area contributed by atoms with Gasteiger partial charge in [0.1, 0.15) is 0 Å². The van der Waals surface area contributed by atoms with Crippen LogP contribution in [0.5, 0.6) is 5.88 Å². The van der Waals surface area contributed by atoms with Crippen molar-refractivity contribution in [1.82, 2.24) is 19.5 Å². The lowest BCUT2D eigenvalue weighted by atomic mass is 10.1. The molecule has 0 aliphatic heterocycles. The SMILES string of the molecule is COc1nc(N)nc2c1ncn2CC1(OC(CC(F)(F)F)(CC(F)(F)F)P(=O)(O)O)CC1. The number of ether oxygens (including phenoxy) is 2. The van der Waals surface area contributed by atoms with E-state index in [9.17, 15) is 40.7 Å². The number of methoxy groups -OCH3 is 1. The van der Waals surface area contributed by atoms with Crippen molar-refractivity contribution in [3.05, 3.63) is 6.33 Å². The highest BCUT2D eigenvalue weighted by Gasteiger charge is 2.64. The molecule has 17 heteroatoms. The predicted octanol–water partition coefficient (Wildman–Crippen LogP) is 2.75. The quantitative estimate of drug-likeness (QED) is 0.373. The van der Waals surface area contributed by atoms with Crippen molar-refractivity contribution in [3.63, 3.8) is 0 Å². The van der Waals surface area contributed by atoms with Crippen LogP contribution in [-0.4, -0.2) is 59.7 Å². The van der Waals surface area contributed by atoms with Gasteiger partial charge >= 0.3 is 19.9 Å². The van der Waals surface area contributed by atoms with E-state index < -0.39 is 43.7 Å². The average molecular weight is 493 g/mol. The van der Waals surface area contributed by atoms with Crippen LogP contribution in [0.15, 0.2) is 6.33 Å². The molecule has 32 heavy (non-hydrogen) atoms. The normalized spacial score (nSPS) is 17.0. The van der Waals surface area contributed by atoms with Gasteiger partial charge < -0.3 is 29.6 Å². The molecule has 1 fully saturated rings. The molecule has 3 rings (SSSR count). The van der Waals surface area contributed by atoms with Gasteiger partial charge in [-0.25, -0.2) is 4.98 Å². The first kappa shape index (κ1) is 24.5. The molecular weight excluding hydrogens is 475 g/mol. The second-order valence-electron chi connectivity index (χ2n) is 7.49. The van der Waals surface area contributed by atoms with E-state index in [4.69, 9.17) is 15.2 Å². The van der Waals surface area contributed by atoms with Crippen LogP contribution in [0, 0.1) is 0 Å². The molecule has 10 nitrogen and oxygen atoms in total. The lowest BCUT2D eigenvalue weighted by molar-refractivity contribution is -0.225. The fourth-order valence-electron chi connectivity index (χ4n) is 3.36. The lowest BCUT2D eigenvalue weighted by Crippen LogP contribution is -2.46. The van der Waals surface area contributed by atoms with Crippen LogP contribution in [0.4, 0.5) is 32.3 Å². The molecule has 2 heterocycles. The monoisotopic (exact) mass is 493 g/mol. The highest BCUT2D eigenvalue weighted by Crippen LogP contribution is 2.63. The third-order valence-electron chi connectivity index (χ3n) is 4.80. The first-order valence-corrected chi connectivity index (χ1v) is 10.5. The molecular formula is C15H18F6N5O5P. The first-order chi connectivity index (χ1) is 14.5. The predicted molar refractivity (Wildman–Crippen MR) is 95.5 cm³/mol. The fourth-order valence-corrected chi connectivity index (χ4v) is 4.45. The summed E-state index contributed by atoms with van der Waals surface area (Å²) in [6.45, 7) is -0.388. The number of nitrogens with two attached hydrogens (primary N) is 1. The summed E-state index contributed by atoms with van der Waals surface area (Å²) in [6.07, 6.45) is -14.6. The van der Waals surface area contributed by atoms with Crippen LogP contribution < -0.4 is 10.5 Å². The minimum Gasteiger partial charge on any atom is -0.479 e. The fraction of sp³-hybridized carbons (Fsp3) is 0.667. The zero-order valence-electron chi connectivity index (χ0n) is 16.3. The summed E-state index contributed by atoms with van der Waals surface area (Å²) in [5.41, 5.74) is 4.02. The molecule has 0 spiro atoms. The summed E-state index contributed by atoms with van der Waals surface area (Å²) in [7, 11) is -4.80. The zero-order valence-corrected chi connectivity index (χ0v) is 17.2. The molecule has 1 aliphatic rings. The topological polar surface area (TPSA) is 146 Å². The number of nitrogens with zero attached hydrogens (tertiary/aromatic N) is 4. The van der Waals surface area contributed by atoms with Gasteiger partial charge in [-0.15, -0.1) is 0 Å². The standard InChI is InChI=1S/C15H18F6N5O5P/c1-30-10-8-9(24-11(22)25-10)26(7-23-8)6-12(2-3-12)31-13(32(27,28)29,4-14(16,17)18)5-15(19,20)21/h7H,2-6H2,1H3,(H2,22,24,25)(H2,27,28,29). The number of aromatic nitrogens is 4. The number of hydrogen-bond donors (Lipinski definition) is 3. The second-order valence-corrected chi connectivity index (χ2v) is 9.40. The van der Waals surface area contributed by atoms with E-state index in [1.54, 1.807) is 0 Å². The molecule has 0 saturated heterocycles. The van der Waals surface area contributed by atoms with E-state index in [-0.39, 0.29) is 42.4 Å². The summed E-state index contributed by atoms with van der Waals surface area (Å²) in [5.74, 6) is -0.253. The Morgan fingerprint density at radius 3 is 2.16 bits per heavy atom. The van der Waals surface area contributed by atoms with Gasteiger partial charge in [-0.2, -0.15) is 36.3 Å². The Morgan fingerprint density at radius 2 is 1.72 bits per heavy atom. The number of alkyl halides is 6. The molecule has 4 N–H and O–H groups in total. The Bertz CT molecular complexity index is 1030. The molecule has 1 aliphatic carbocycles. The Labute approximate surface area is 175 Å². The van der Waals surface area contributed by atoms with Crippen LogP contribution in [-0.2, 0) is 15.8 Å². The maximum absolute atomic E-state index is 13.1. The van der Waals surface area contributed by atoms with E-state index in [1.165, 1.54) is 11.7 Å². The number of halogens is 6. The zero-order chi connectivity index (χ0) is 24.2. The molecule has 1 saturated carbocycles. The number of fused-ring (bicyclic) bond motifs is 1. The van der Waals surface area contributed by atoms with Gasteiger partial charge in [0.05, 0.1) is 38.4 Å². The summed E-state index contributed by atoms with van der Waals surface area (Å²) in [4.78, 5) is 30.9. The Balaban J connectivity index is 2.01. The Morgan fingerprint density at radius 1 is 1.16 bits per heavy atom. The molecule has 0 aromatic carbocycles. The molecule has 0 radical (unpaired) electrons. The van der Waals surface area contributed by atoms with Gasteiger partial charge in [0.2, 0.25) is 11.8 Å². The van der Waals surface area contributed by atoms with E-state index in [1.807, 2.05) is 0 Å². The van der Waals surface area contributed by atoms with Crippen molar-refractivity contribution in [2.45, 2.75) is 55.5 Å². The lowest BCUT2D eigenvalue weighted by Gasteiger charge is -2.38. The van der Waals surface area contributed by atoms with Crippen LogP contribution >= 0.6 is 7.60 Å². The molecule has 0 atom stereocenters. The molecule has 0 amide bonds. The first-order valence-electron chi connectivity index (χ1n) is 8.90. The van der Waals surface area contributed by atoms with E-state index in [0.29, 0.717) is 0 Å². The number of imidazole rings is 1. The van der Waals surface area contributed by atoms with Crippen LogP contribution in [0.2, 0.25) is 0 Å². The maximum Gasteiger partial charge on any atom is 0.392 e. The van der Waals surface area contributed by atoms with Gasteiger partial charge in [0.15, 0.2) is 16.5 Å². The van der Waals surface area contributed by atoms with Gasteiger partial charge in [-0.3, -0.25) is 4.57 Å². The van der Waals surface area contributed by atoms with Crippen LogP contribution in [0.25, 0.3) is 11.2 Å². The van der Waals surface area contributed by atoms with Gasteiger partial charge in [0.25, 0.3) is 0 Å². The van der Waals surface area contributed by atoms with Crippen molar-refractivity contribution >= 4 is 24.7 Å². The molecule has 0 unspecified atom stereocenters. The van der Waals surface area contributed by atoms with Crippen molar-refractivity contribution in [1.29, 1.82) is 0 Å². The summed E-state index contributed by atoms with van der Waals surface area (Å²) < 4.78 is 102. The highest BCUT2D eigenvalue weighted by molar-refractivity contribution is 7.53. The van der Waals surface area contributed by atoms with Gasteiger partial charge in [-0.05, 0) is 12.8 Å². The van der Waals surface area contributed by atoms with E-state index in [0.717, 1.165) is 6.33 Å². The van der Waals surface area contributed by atoms with Crippen molar-refractivity contribution < 1.29 is 50.2 Å². The average Bonchev–Trinajstić information content (AvgIpc) is 3.21. The second kappa shape index (κ2) is 7.71. The third kappa shape index (κ3) is 5.24. The minimum absolute atomic E-state index is 0.0178. The van der Waals surface area contributed by atoms with Crippen molar-refractivity contribution in [2.24, 2.45) is 0 Å². The van der Waals surface area contributed by atoms with Crippen LogP contribution in [0.3, 0.4) is 0 Å². The highest BCUT2D eigenvalue weighted by atomic mass is 31.2.